The molecule has 128 valence electrons. The standard InChI is InChI=1S/C16H25N3O4/c1-4-5-11-6-13(18-23-11)16(22)17-14-8-19(9-15(20)21)7-12(14)10(2)3/h6,10,12,14H,4-5,7-9H2,1-3H3,(H,17,22)(H,20,21)/t12-,14+/m1/s1. The predicted molar refractivity (Wildman–Crippen MR) is 84.2 cm³/mol. The number of hydrogen-bond acceptors (Lipinski definition) is 5. The van der Waals surface area contributed by atoms with Gasteiger partial charge in [0.05, 0.1) is 6.54 Å². The Morgan fingerprint density at radius 1 is 1.48 bits per heavy atom. The number of nitrogens with zero attached hydrogens (tertiary/aromatic N) is 2. The Morgan fingerprint density at radius 3 is 2.83 bits per heavy atom. The van der Waals surface area contributed by atoms with E-state index in [2.05, 4.69) is 24.3 Å². The summed E-state index contributed by atoms with van der Waals surface area (Å²) in [5.74, 6) is 0.175. The Morgan fingerprint density at radius 2 is 2.22 bits per heavy atom. The Labute approximate surface area is 136 Å². The minimum atomic E-state index is -0.847. The fourth-order valence-corrected chi connectivity index (χ4v) is 3.09. The van der Waals surface area contributed by atoms with Crippen molar-refractivity contribution in [2.75, 3.05) is 19.6 Å². The highest BCUT2D eigenvalue weighted by atomic mass is 16.5. The van der Waals surface area contributed by atoms with Gasteiger partial charge in [0.1, 0.15) is 5.76 Å². The van der Waals surface area contributed by atoms with Gasteiger partial charge in [-0.2, -0.15) is 0 Å². The zero-order chi connectivity index (χ0) is 17.0. The number of likely N-dealkylation sites (tertiary alicyclic amines) is 1. The average molecular weight is 323 g/mol. The maximum Gasteiger partial charge on any atom is 0.317 e. The smallest absolute Gasteiger partial charge is 0.317 e. The van der Waals surface area contributed by atoms with Gasteiger partial charge < -0.3 is 14.9 Å². The summed E-state index contributed by atoms with van der Waals surface area (Å²) in [6.45, 7) is 7.42. The van der Waals surface area contributed by atoms with E-state index in [0.29, 0.717) is 24.8 Å². The normalized spacial score (nSPS) is 21.7. The molecule has 0 aromatic carbocycles. The van der Waals surface area contributed by atoms with E-state index in [4.69, 9.17) is 9.63 Å². The molecule has 0 saturated carbocycles. The molecule has 0 bridgehead atoms. The molecule has 0 spiro atoms. The summed E-state index contributed by atoms with van der Waals surface area (Å²) in [6, 6.07) is 1.60. The summed E-state index contributed by atoms with van der Waals surface area (Å²) in [4.78, 5) is 25.1. The molecule has 7 heteroatoms. The number of aromatic nitrogens is 1. The van der Waals surface area contributed by atoms with E-state index < -0.39 is 5.97 Å². The van der Waals surface area contributed by atoms with Gasteiger partial charge in [0.25, 0.3) is 5.91 Å². The third-order valence-corrected chi connectivity index (χ3v) is 4.26. The molecule has 23 heavy (non-hydrogen) atoms. The van der Waals surface area contributed by atoms with Crippen LogP contribution in [-0.2, 0) is 11.2 Å². The van der Waals surface area contributed by atoms with Crippen molar-refractivity contribution in [1.82, 2.24) is 15.4 Å². The molecule has 1 fully saturated rings. The van der Waals surface area contributed by atoms with Crippen LogP contribution in [0.2, 0.25) is 0 Å². The molecule has 2 rings (SSSR count). The first-order valence-electron chi connectivity index (χ1n) is 8.11. The van der Waals surface area contributed by atoms with Crippen molar-refractivity contribution >= 4 is 11.9 Å². The number of rotatable bonds is 7. The second kappa shape index (κ2) is 7.59. The molecular formula is C16H25N3O4. The Hall–Kier alpha value is -1.89. The van der Waals surface area contributed by atoms with Crippen molar-refractivity contribution in [2.24, 2.45) is 11.8 Å². The molecule has 2 N–H and O–H groups in total. The SMILES string of the molecule is CCCc1cc(C(=O)N[C@H]2CN(CC(=O)O)C[C@@H]2C(C)C)no1. The predicted octanol–water partition coefficient (Wildman–Crippen LogP) is 1.40. The largest absolute Gasteiger partial charge is 0.480 e. The van der Waals surface area contributed by atoms with E-state index in [9.17, 15) is 9.59 Å². The van der Waals surface area contributed by atoms with Crippen LogP contribution in [0.1, 0.15) is 43.4 Å². The van der Waals surface area contributed by atoms with Crippen LogP contribution < -0.4 is 5.32 Å². The Kier molecular flexibility index (Phi) is 5.76. The maximum absolute atomic E-state index is 12.3. The summed E-state index contributed by atoms with van der Waals surface area (Å²) >= 11 is 0. The summed E-state index contributed by atoms with van der Waals surface area (Å²) in [5.41, 5.74) is 0.285. The van der Waals surface area contributed by atoms with Crippen LogP contribution in [0.3, 0.4) is 0 Å². The molecule has 0 unspecified atom stereocenters. The van der Waals surface area contributed by atoms with Gasteiger partial charge in [-0.15, -0.1) is 0 Å². The minimum Gasteiger partial charge on any atom is -0.480 e. The first-order chi connectivity index (χ1) is 10.9. The van der Waals surface area contributed by atoms with Crippen LogP contribution in [0.15, 0.2) is 10.6 Å². The van der Waals surface area contributed by atoms with Gasteiger partial charge in [-0.3, -0.25) is 14.5 Å². The molecule has 1 amide bonds. The second-order valence-electron chi connectivity index (χ2n) is 6.50. The van der Waals surface area contributed by atoms with Gasteiger partial charge in [0.2, 0.25) is 0 Å². The summed E-state index contributed by atoms with van der Waals surface area (Å²) < 4.78 is 5.14. The lowest BCUT2D eigenvalue weighted by molar-refractivity contribution is -0.138. The van der Waals surface area contributed by atoms with Crippen molar-refractivity contribution in [3.63, 3.8) is 0 Å². The summed E-state index contributed by atoms with van der Waals surface area (Å²) in [5, 5.41) is 15.8. The monoisotopic (exact) mass is 323 g/mol. The maximum atomic E-state index is 12.3. The van der Waals surface area contributed by atoms with Crippen LogP contribution >= 0.6 is 0 Å². The van der Waals surface area contributed by atoms with Crippen LogP contribution in [0.4, 0.5) is 0 Å². The zero-order valence-corrected chi connectivity index (χ0v) is 13.9. The molecule has 1 saturated heterocycles. The van der Waals surface area contributed by atoms with E-state index in [-0.39, 0.29) is 30.1 Å². The molecule has 1 aromatic rings. The number of aryl methyl sites for hydroxylation is 1. The highest BCUT2D eigenvalue weighted by Crippen LogP contribution is 2.24. The topological polar surface area (TPSA) is 95.7 Å². The van der Waals surface area contributed by atoms with Gasteiger partial charge in [0.15, 0.2) is 5.69 Å². The molecule has 1 aromatic heterocycles. The minimum absolute atomic E-state index is 0.000197. The molecule has 2 heterocycles. The fourth-order valence-electron chi connectivity index (χ4n) is 3.09. The lowest BCUT2D eigenvalue weighted by Crippen LogP contribution is -2.42. The van der Waals surface area contributed by atoms with Crippen LogP contribution in [-0.4, -0.2) is 52.7 Å². The molecule has 1 aliphatic heterocycles. The van der Waals surface area contributed by atoms with E-state index in [1.807, 2.05) is 11.8 Å². The van der Waals surface area contributed by atoms with Crippen molar-refractivity contribution < 1.29 is 19.2 Å². The van der Waals surface area contributed by atoms with E-state index >= 15 is 0 Å². The van der Waals surface area contributed by atoms with Crippen molar-refractivity contribution in [3.8, 4) is 0 Å². The number of carboxylic acids is 1. The van der Waals surface area contributed by atoms with Crippen molar-refractivity contribution in [2.45, 2.75) is 39.7 Å². The van der Waals surface area contributed by atoms with Gasteiger partial charge in [0, 0.05) is 31.6 Å². The Bertz CT molecular complexity index is 555. The van der Waals surface area contributed by atoms with Crippen LogP contribution in [0, 0.1) is 11.8 Å². The fraction of sp³-hybridized carbons (Fsp3) is 0.688. The van der Waals surface area contributed by atoms with E-state index in [1.165, 1.54) is 0 Å². The Balaban J connectivity index is 2.00. The molecule has 7 nitrogen and oxygen atoms in total. The first kappa shape index (κ1) is 17.5. The number of carbonyl (C=O) groups excluding carboxylic acids is 1. The van der Waals surface area contributed by atoms with Crippen molar-refractivity contribution in [1.29, 1.82) is 0 Å². The highest BCUT2D eigenvalue weighted by Gasteiger charge is 2.36. The molecule has 2 atom stereocenters. The number of carbonyl (C=O) groups is 2. The van der Waals surface area contributed by atoms with Gasteiger partial charge in [-0.25, -0.2) is 0 Å². The quantitative estimate of drug-likeness (QED) is 0.787. The summed E-state index contributed by atoms with van der Waals surface area (Å²) in [6.07, 6.45) is 1.68. The van der Waals surface area contributed by atoms with Crippen molar-refractivity contribution in [3.05, 3.63) is 17.5 Å². The lowest BCUT2D eigenvalue weighted by atomic mass is 9.91. The van der Waals surface area contributed by atoms with Gasteiger partial charge in [-0.05, 0) is 18.3 Å². The molecule has 0 aliphatic carbocycles. The molecule has 1 aliphatic rings. The summed E-state index contributed by atoms with van der Waals surface area (Å²) in [7, 11) is 0. The number of hydrogen-bond donors (Lipinski definition) is 2. The average Bonchev–Trinajstić information content (AvgIpc) is 3.06. The number of aliphatic carboxylic acids is 1. The zero-order valence-electron chi connectivity index (χ0n) is 13.9. The molecular weight excluding hydrogens is 298 g/mol. The third-order valence-electron chi connectivity index (χ3n) is 4.26. The van der Waals surface area contributed by atoms with E-state index in [1.54, 1.807) is 6.07 Å². The number of nitrogens with one attached hydrogen (secondary N) is 1. The van der Waals surface area contributed by atoms with Gasteiger partial charge >= 0.3 is 5.97 Å². The van der Waals surface area contributed by atoms with Gasteiger partial charge in [-0.1, -0.05) is 25.9 Å². The third kappa shape index (κ3) is 4.54. The first-order valence-corrected chi connectivity index (χ1v) is 8.11. The highest BCUT2D eigenvalue weighted by molar-refractivity contribution is 5.92. The second-order valence-corrected chi connectivity index (χ2v) is 6.50. The number of carboxylic acid groups (broad SMARTS) is 1. The van der Waals surface area contributed by atoms with Crippen LogP contribution in [0.25, 0.3) is 0 Å². The number of amides is 1. The van der Waals surface area contributed by atoms with Crippen LogP contribution in [0.5, 0.6) is 0 Å². The van der Waals surface area contributed by atoms with E-state index in [0.717, 1.165) is 12.8 Å². The molecule has 0 radical (unpaired) electrons. The lowest BCUT2D eigenvalue weighted by Gasteiger charge is -2.22.